The van der Waals surface area contributed by atoms with Gasteiger partial charge in [-0.15, -0.1) is 0 Å². The van der Waals surface area contributed by atoms with Crippen molar-refractivity contribution in [2.45, 2.75) is 23.5 Å². The third kappa shape index (κ3) is 5.48. The fourth-order valence-electron chi connectivity index (χ4n) is 4.41. The molecule has 4 rings (SSSR count). The van der Waals surface area contributed by atoms with Gasteiger partial charge in [0.1, 0.15) is 5.82 Å². The third-order valence-electron chi connectivity index (χ3n) is 6.39. The van der Waals surface area contributed by atoms with E-state index >= 15 is 0 Å². The summed E-state index contributed by atoms with van der Waals surface area (Å²) in [6.45, 7) is 1.59. The van der Waals surface area contributed by atoms with E-state index in [9.17, 15) is 26.0 Å². The van der Waals surface area contributed by atoms with Gasteiger partial charge in [0.05, 0.1) is 10.6 Å². The lowest BCUT2D eigenvalue weighted by Gasteiger charge is -2.37. The molecule has 0 radical (unpaired) electrons. The molecule has 184 valence electrons. The summed E-state index contributed by atoms with van der Waals surface area (Å²) in [7, 11) is -7.15. The summed E-state index contributed by atoms with van der Waals surface area (Å²) in [6, 6.07) is 13.6. The summed E-state index contributed by atoms with van der Waals surface area (Å²) in [5.41, 5.74) is 0.517. The Morgan fingerprint density at radius 1 is 0.794 bits per heavy atom. The van der Waals surface area contributed by atoms with Crippen LogP contribution in [0, 0.1) is 11.7 Å². The third-order valence-corrected chi connectivity index (χ3v) is 10.2. The molecule has 2 saturated heterocycles. The normalized spacial score (nSPS) is 19.3. The number of carbonyl (C=O) groups excluding carboxylic acids is 1. The van der Waals surface area contributed by atoms with Crippen LogP contribution in [0.2, 0.25) is 0 Å². The van der Waals surface area contributed by atoms with Crippen molar-refractivity contribution in [3.63, 3.8) is 0 Å². The van der Waals surface area contributed by atoms with Gasteiger partial charge in [-0.05, 0) is 42.7 Å². The molecular weight excluding hydrogens is 481 g/mol. The van der Waals surface area contributed by atoms with Gasteiger partial charge >= 0.3 is 0 Å². The van der Waals surface area contributed by atoms with E-state index in [0.29, 0.717) is 31.5 Å². The number of hydrogen-bond donors (Lipinski definition) is 0. The maximum absolute atomic E-state index is 13.1. The van der Waals surface area contributed by atoms with E-state index < -0.39 is 25.9 Å². The van der Waals surface area contributed by atoms with Crippen LogP contribution in [-0.2, 0) is 30.6 Å². The Labute approximate surface area is 200 Å². The molecule has 2 aromatic carbocycles. The molecule has 2 aliphatic heterocycles. The standard InChI is InChI=1S/C23H28FN3O5S2/c24-21-8-6-19(7-9-21)18-33(29,30)26-12-10-20(11-13-26)23(28)25-14-16-27(17-15-25)34(31,32)22-4-2-1-3-5-22/h1-9,20H,10-18H2. The van der Waals surface area contributed by atoms with Crippen LogP contribution < -0.4 is 0 Å². The van der Waals surface area contributed by atoms with Crippen molar-refractivity contribution < 1.29 is 26.0 Å². The zero-order valence-corrected chi connectivity index (χ0v) is 20.3. The highest BCUT2D eigenvalue weighted by Gasteiger charge is 2.35. The lowest BCUT2D eigenvalue weighted by molar-refractivity contribution is -0.137. The highest BCUT2D eigenvalue weighted by atomic mass is 32.2. The minimum absolute atomic E-state index is 0.0488. The Kier molecular flexibility index (Phi) is 7.36. The second kappa shape index (κ2) is 10.1. The molecule has 2 aromatic rings. The predicted molar refractivity (Wildman–Crippen MR) is 125 cm³/mol. The zero-order chi connectivity index (χ0) is 24.3. The lowest BCUT2D eigenvalue weighted by atomic mass is 9.96. The second-order valence-corrected chi connectivity index (χ2v) is 12.5. The van der Waals surface area contributed by atoms with Crippen LogP contribution in [0.1, 0.15) is 18.4 Å². The number of hydrogen-bond acceptors (Lipinski definition) is 5. The summed E-state index contributed by atoms with van der Waals surface area (Å²) >= 11 is 0. The van der Waals surface area contributed by atoms with Gasteiger partial charge < -0.3 is 4.90 Å². The van der Waals surface area contributed by atoms with Crippen molar-refractivity contribution >= 4 is 26.0 Å². The molecule has 2 heterocycles. The number of benzene rings is 2. The van der Waals surface area contributed by atoms with Gasteiger partial charge in [-0.25, -0.2) is 25.5 Å². The second-order valence-electron chi connectivity index (χ2n) is 8.60. The van der Waals surface area contributed by atoms with Crippen LogP contribution in [0.4, 0.5) is 4.39 Å². The quantitative estimate of drug-likeness (QED) is 0.593. The number of rotatable bonds is 6. The molecule has 2 aliphatic rings. The first-order chi connectivity index (χ1) is 16.2. The monoisotopic (exact) mass is 509 g/mol. The SMILES string of the molecule is O=C(C1CCN(S(=O)(=O)Cc2ccc(F)cc2)CC1)N1CCN(S(=O)(=O)c2ccccc2)CC1. The molecule has 0 saturated carbocycles. The predicted octanol–water partition coefficient (Wildman–Crippen LogP) is 1.90. The zero-order valence-electron chi connectivity index (χ0n) is 18.7. The fraction of sp³-hybridized carbons (Fsp3) is 0.435. The molecule has 0 unspecified atom stereocenters. The summed E-state index contributed by atoms with van der Waals surface area (Å²) in [6.07, 6.45) is 0.841. The fourth-order valence-corrected chi connectivity index (χ4v) is 7.42. The Balaban J connectivity index is 1.29. The Bertz CT molecular complexity index is 1210. The van der Waals surface area contributed by atoms with E-state index in [-0.39, 0.29) is 48.7 Å². The van der Waals surface area contributed by atoms with Crippen molar-refractivity contribution in [1.82, 2.24) is 13.5 Å². The maximum atomic E-state index is 13.1. The number of piperazine rings is 1. The van der Waals surface area contributed by atoms with Gasteiger partial charge in [0.25, 0.3) is 0 Å². The molecule has 0 bridgehead atoms. The van der Waals surface area contributed by atoms with Crippen LogP contribution in [0.3, 0.4) is 0 Å². The number of carbonyl (C=O) groups is 1. The van der Waals surface area contributed by atoms with Crippen LogP contribution in [0.15, 0.2) is 59.5 Å². The molecule has 0 atom stereocenters. The summed E-state index contributed by atoms with van der Waals surface area (Å²) in [5.74, 6) is -0.954. The van der Waals surface area contributed by atoms with Crippen molar-refractivity contribution in [3.8, 4) is 0 Å². The maximum Gasteiger partial charge on any atom is 0.243 e. The van der Waals surface area contributed by atoms with E-state index in [4.69, 9.17) is 0 Å². The van der Waals surface area contributed by atoms with Gasteiger partial charge in [0.2, 0.25) is 26.0 Å². The van der Waals surface area contributed by atoms with E-state index in [1.54, 1.807) is 35.2 Å². The highest BCUT2D eigenvalue weighted by molar-refractivity contribution is 7.89. The van der Waals surface area contributed by atoms with Gasteiger partial charge in [0, 0.05) is 45.2 Å². The average Bonchev–Trinajstić information content (AvgIpc) is 2.85. The van der Waals surface area contributed by atoms with Crippen LogP contribution >= 0.6 is 0 Å². The molecule has 8 nitrogen and oxygen atoms in total. The van der Waals surface area contributed by atoms with Gasteiger partial charge in [0.15, 0.2) is 0 Å². The smallest absolute Gasteiger partial charge is 0.243 e. The molecule has 0 aromatic heterocycles. The Morgan fingerprint density at radius 3 is 1.97 bits per heavy atom. The van der Waals surface area contributed by atoms with Crippen molar-refractivity contribution in [3.05, 3.63) is 66.0 Å². The average molecular weight is 510 g/mol. The molecule has 2 fully saturated rings. The van der Waals surface area contributed by atoms with Gasteiger partial charge in [-0.2, -0.15) is 4.31 Å². The van der Waals surface area contributed by atoms with E-state index in [1.807, 2.05) is 0 Å². The van der Waals surface area contributed by atoms with Crippen molar-refractivity contribution in [2.24, 2.45) is 5.92 Å². The summed E-state index contributed by atoms with van der Waals surface area (Å²) in [4.78, 5) is 14.9. The molecule has 1 amide bonds. The summed E-state index contributed by atoms with van der Waals surface area (Å²) in [5, 5.41) is 0. The number of nitrogens with zero attached hydrogens (tertiary/aromatic N) is 3. The molecular formula is C23H28FN3O5S2. The lowest BCUT2D eigenvalue weighted by Crippen LogP contribution is -2.53. The van der Waals surface area contributed by atoms with E-state index in [0.717, 1.165) is 0 Å². The molecule has 11 heteroatoms. The van der Waals surface area contributed by atoms with Gasteiger partial charge in [-0.3, -0.25) is 4.79 Å². The first-order valence-corrected chi connectivity index (χ1v) is 14.3. The first kappa shape index (κ1) is 24.8. The first-order valence-electron chi connectivity index (χ1n) is 11.2. The van der Waals surface area contributed by atoms with Crippen LogP contribution in [-0.4, -0.2) is 75.5 Å². The number of amides is 1. The highest BCUT2D eigenvalue weighted by Crippen LogP contribution is 2.25. The Hall–Kier alpha value is -2.34. The van der Waals surface area contributed by atoms with E-state index in [1.165, 1.54) is 32.9 Å². The number of sulfonamides is 2. The molecule has 0 spiro atoms. The topological polar surface area (TPSA) is 95.1 Å². The van der Waals surface area contributed by atoms with Crippen LogP contribution in [0.25, 0.3) is 0 Å². The van der Waals surface area contributed by atoms with Gasteiger partial charge in [-0.1, -0.05) is 30.3 Å². The van der Waals surface area contributed by atoms with Crippen molar-refractivity contribution in [1.29, 1.82) is 0 Å². The van der Waals surface area contributed by atoms with Crippen LogP contribution in [0.5, 0.6) is 0 Å². The largest absolute Gasteiger partial charge is 0.340 e. The summed E-state index contributed by atoms with van der Waals surface area (Å²) < 4.78 is 66.9. The number of piperidine rings is 1. The van der Waals surface area contributed by atoms with E-state index in [2.05, 4.69) is 0 Å². The number of halogens is 1. The Morgan fingerprint density at radius 2 is 1.38 bits per heavy atom. The molecule has 34 heavy (non-hydrogen) atoms. The minimum atomic E-state index is -3.59. The molecule has 0 aliphatic carbocycles. The molecule has 0 N–H and O–H groups in total. The minimum Gasteiger partial charge on any atom is -0.340 e. The van der Waals surface area contributed by atoms with Crippen molar-refractivity contribution in [2.75, 3.05) is 39.3 Å².